The zero-order valence-electron chi connectivity index (χ0n) is 12.6. The van der Waals surface area contributed by atoms with Crippen LogP contribution in [0.1, 0.15) is 30.6 Å². The standard InChI is InChI=1S/C14H22N4O3/c1-10(2)17(3)9-5-8-16-14(19)11-6-4-7-12(15)13(11)18(20)21/h4,6-7,10H,5,8-9,15H2,1-3H3,(H,16,19). The van der Waals surface area contributed by atoms with E-state index >= 15 is 0 Å². The van der Waals surface area contributed by atoms with E-state index < -0.39 is 10.8 Å². The predicted octanol–water partition coefficient (Wildman–Crippen LogP) is 1.64. The lowest BCUT2D eigenvalue weighted by molar-refractivity contribution is -0.384. The zero-order valence-corrected chi connectivity index (χ0v) is 12.6. The largest absolute Gasteiger partial charge is 0.393 e. The van der Waals surface area contributed by atoms with Gasteiger partial charge in [-0.3, -0.25) is 14.9 Å². The van der Waals surface area contributed by atoms with Gasteiger partial charge in [-0.05, 0) is 46.0 Å². The van der Waals surface area contributed by atoms with E-state index in [1.165, 1.54) is 18.2 Å². The summed E-state index contributed by atoms with van der Waals surface area (Å²) < 4.78 is 0. The number of carbonyl (C=O) groups is 1. The van der Waals surface area contributed by atoms with Gasteiger partial charge in [-0.15, -0.1) is 0 Å². The molecular weight excluding hydrogens is 272 g/mol. The van der Waals surface area contributed by atoms with Crippen molar-refractivity contribution in [3.63, 3.8) is 0 Å². The summed E-state index contributed by atoms with van der Waals surface area (Å²) in [6, 6.07) is 4.79. The highest BCUT2D eigenvalue weighted by atomic mass is 16.6. The minimum Gasteiger partial charge on any atom is -0.393 e. The summed E-state index contributed by atoms with van der Waals surface area (Å²) in [5.74, 6) is -0.471. The molecule has 116 valence electrons. The topological polar surface area (TPSA) is 102 Å². The van der Waals surface area contributed by atoms with Crippen LogP contribution in [-0.4, -0.2) is 41.9 Å². The molecule has 0 saturated heterocycles. The van der Waals surface area contributed by atoms with Gasteiger partial charge in [-0.1, -0.05) is 6.07 Å². The third-order valence-electron chi connectivity index (χ3n) is 3.35. The maximum absolute atomic E-state index is 12.0. The Kier molecular flexibility index (Phi) is 6.10. The van der Waals surface area contributed by atoms with Gasteiger partial charge in [0, 0.05) is 12.6 Å². The first-order chi connectivity index (χ1) is 9.84. The van der Waals surface area contributed by atoms with Crippen molar-refractivity contribution in [1.82, 2.24) is 10.2 Å². The molecule has 0 radical (unpaired) electrons. The number of carbonyl (C=O) groups excluding carboxylic acids is 1. The molecule has 1 amide bonds. The minimum absolute atomic E-state index is 0.00258. The van der Waals surface area contributed by atoms with Gasteiger partial charge >= 0.3 is 5.69 Å². The van der Waals surface area contributed by atoms with Crippen LogP contribution in [0.25, 0.3) is 0 Å². The Morgan fingerprint density at radius 2 is 2.14 bits per heavy atom. The SMILES string of the molecule is CC(C)N(C)CCCNC(=O)c1cccc(N)c1[N+](=O)[O-]. The lowest BCUT2D eigenvalue weighted by Crippen LogP contribution is -2.31. The Bertz CT molecular complexity index is 517. The van der Waals surface area contributed by atoms with Gasteiger partial charge in [0.2, 0.25) is 0 Å². The van der Waals surface area contributed by atoms with Crippen molar-refractivity contribution >= 4 is 17.3 Å². The second-order valence-electron chi connectivity index (χ2n) is 5.18. The molecule has 0 unspecified atom stereocenters. The molecule has 7 nitrogen and oxygen atoms in total. The molecule has 0 aliphatic carbocycles. The normalized spacial score (nSPS) is 10.9. The number of hydrogen-bond donors (Lipinski definition) is 2. The number of para-hydroxylation sites is 1. The molecule has 0 aliphatic rings. The molecule has 3 N–H and O–H groups in total. The van der Waals surface area contributed by atoms with Gasteiger partial charge in [-0.25, -0.2) is 0 Å². The summed E-state index contributed by atoms with van der Waals surface area (Å²) in [5, 5.41) is 13.7. The fourth-order valence-corrected chi connectivity index (χ4v) is 1.83. The van der Waals surface area contributed by atoms with Crippen LogP contribution in [-0.2, 0) is 0 Å². The minimum atomic E-state index is -0.628. The van der Waals surface area contributed by atoms with Crippen molar-refractivity contribution in [2.24, 2.45) is 0 Å². The van der Waals surface area contributed by atoms with E-state index in [1.807, 2.05) is 7.05 Å². The van der Waals surface area contributed by atoms with Crippen LogP contribution in [0.2, 0.25) is 0 Å². The van der Waals surface area contributed by atoms with E-state index in [0.717, 1.165) is 13.0 Å². The number of rotatable bonds is 7. The van der Waals surface area contributed by atoms with Crippen LogP contribution >= 0.6 is 0 Å². The molecule has 1 aromatic rings. The lowest BCUT2D eigenvalue weighted by Gasteiger charge is -2.20. The maximum atomic E-state index is 12.0. The van der Waals surface area contributed by atoms with Crippen molar-refractivity contribution in [2.75, 3.05) is 25.9 Å². The Morgan fingerprint density at radius 1 is 1.48 bits per heavy atom. The number of nitrogens with two attached hydrogens (primary N) is 1. The van der Waals surface area contributed by atoms with Crippen molar-refractivity contribution in [3.8, 4) is 0 Å². The number of benzene rings is 1. The third-order valence-corrected chi connectivity index (χ3v) is 3.35. The number of amides is 1. The monoisotopic (exact) mass is 294 g/mol. The Hall–Kier alpha value is -2.15. The molecule has 0 heterocycles. The number of nitro benzene ring substituents is 1. The summed E-state index contributed by atoms with van der Waals surface area (Å²) in [6.07, 6.45) is 0.774. The first-order valence-electron chi connectivity index (χ1n) is 6.86. The molecule has 0 aromatic heterocycles. The first kappa shape index (κ1) is 16.9. The Labute approximate surface area is 124 Å². The third kappa shape index (κ3) is 4.71. The van der Waals surface area contributed by atoms with E-state index in [4.69, 9.17) is 5.73 Å². The molecule has 1 aromatic carbocycles. The average molecular weight is 294 g/mol. The number of nitrogens with one attached hydrogen (secondary N) is 1. The van der Waals surface area contributed by atoms with Crippen LogP contribution in [0.15, 0.2) is 18.2 Å². The van der Waals surface area contributed by atoms with Gasteiger partial charge in [0.15, 0.2) is 0 Å². The molecule has 0 saturated carbocycles. The molecule has 1 rings (SSSR count). The molecule has 0 atom stereocenters. The summed E-state index contributed by atoms with van der Waals surface area (Å²) in [4.78, 5) is 24.5. The lowest BCUT2D eigenvalue weighted by atomic mass is 10.1. The highest BCUT2D eigenvalue weighted by molar-refractivity contribution is 6.00. The van der Waals surface area contributed by atoms with Gasteiger partial charge in [0.25, 0.3) is 5.91 Å². The number of nitrogens with zero attached hydrogens (tertiary/aromatic N) is 2. The van der Waals surface area contributed by atoms with Gasteiger partial charge in [0.05, 0.1) is 4.92 Å². The highest BCUT2D eigenvalue weighted by Crippen LogP contribution is 2.25. The van der Waals surface area contributed by atoms with E-state index in [9.17, 15) is 14.9 Å². The molecule has 0 fully saturated rings. The molecule has 0 bridgehead atoms. The van der Waals surface area contributed by atoms with Crippen molar-refractivity contribution in [2.45, 2.75) is 26.3 Å². The summed E-state index contributed by atoms with van der Waals surface area (Å²) in [7, 11) is 2.01. The molecular formula is C14H22N4O3. The summed E-state index contributed by atoms with van der Waals surface area (Å²) in [6.45, 7) is 5.49. The molecule has 21 heavy (non-hydrogen) atoms. The second-order valence-corrected chi connectivity index (χ2v) is 5.18. The van der Waals surface area contributed by atoms with E-state index in [0.29, 0.717) is 12.6 Å². The first-order valence-corrected chi connectivity index (χ1v) is 6.86. The van der Waals surface area contributed by atoms with Crippen LogP contribution in [0.5, 0.6) is 0 Å². The van der Waals surface area contributed by atoms with Gasteiger partial charge in [0.1, 0.15) is 11.3 Å². The second kappa shape index (κ2) is 7.58. The fourth-order valence-electron chi connectivity index (χ4n) is 1.83. The highest BCUT2D eigenvalue weighted by Gasteiger charge is 2.22. The van der Waals surface area contributed by atoms with Crippen LogP contribution in [0.4, 0.5) is 11.4 Å². The quantitative estimate of drug-likeness (QED) is 0.344. The smallest absolute Gasteiger partial charge is 0.304 e. The van der Waals surface area contributed by atoms with E-state index in [-0.39, 0.29) is 16.9 Å². The Morgan fingerprint density at radius 3 is 2.71 bits per heavy atom. The Balaban J connectivity index is 2.61. The molecule has 7 heteroatoms. The van der Waals surface area contributed by atoms with Crippen LogP contribution in [0.3, 0.4) is 0 Å². The average Bonchev–Trinajstić information content (AvgIpc) is 2.42. The van der Waals surface area contributed by atoms with Crippen molar-refractivity contribution in [3.05, 3.63) is 33.9 Å². The van der Waals surface area contributed by atoms with Gasteiger partial charge in [-0.2, -0.15) is 0 Å². The van der Waals surface area contributed by atoms with Crippen LogP contribution in [0, 0.1) is 10.1 Å². The fraction of sp³-hybridized carbons (Fsp3) is 0.500. The molecule has 0 aliphatic heterocycles. The van der Waals surface area contributed by atoms with E-state index in [1.54, 1.807) is 0 Å². The van der Waals surface area contributed by atoms with E-state index in [2.05, 4.69) is 24.1 Å². The predicted molar refractivity (Wildman–Crippen MR) is 82.2 cm³/mol. The zero-order chi connectivity index (χ0) is 16.0. The summed E-state index contributed by atoms with van der Waals surface area (Å²) in [5.41, 5.74) is 5.21. The maximum Gasteiger partial charge on any atom is 0.304 e. The number of anilines is 1. The number of hydrogen-bond acceptors (Lipinski definition) is 5. The summed E-state index contributed by atoms with van der Waals surface area (Å²) >= 11 is 0. The molecule has 0 spiro atoms. The van der Waals surface area contributed by atoms with Crippen molar-refractivity contribution in [1.29, 1.82) is 0 Å². The number of nitro groups is 1. The van der Waals surface area contributed by atoms with Crippen molar-refractivity contribution < 1.29 is 9.72 Å². The van der Waals surface area contributed by atoms with Gasteiger partial charge < -0.3 is 16.0 Å². The van der Waals surface area contributed by atoms with Crippen LogP contribution < -0.4 is 11.1 Å². The number of nitrogen functional groups attached to an aromatic ring is 1.